The number of carbonyl (C=O) groups is 1. The Balaban J connectivity index is 1.97. The van der Waals surface area contributed by atoms with Crippen LogP contribution in [-0.4, -0.2) is 19.5 Å². The standard InChI is InChI=1S/C16H14F2N2O/c1-19-15-12(17)8-11(9-13(15)18)16(21)20-7-6-10-4-2-3-5-14(10)20/h2-5,8-9,19H,6-7H2,1H3. The molecule has 0 radical (unpaired) electrons. The fourth-order valence-corrected chi connectivity index (χ4v) is 2.64. The van der Waals surface area contributed by atoms with E-state index in [4.69, 9.17) is 0 Å². The van der Waals surface area contributed by atoms with E-state index < -0.39 is 11.6 Å². The Kier molecular flexibility index (Phi) is 3.33. The summed E-state index contributed by atoms with van der Waals surface area (Å²) >= 11 is 0. The van der Waals surface area contributed by atoms with Gasteiger partial charge in [0.1, 0.15) is 17.3 Å². The number of benzene rings is 2. The van der Waals surface area contributed by atoms with Crippen molar-refractivity contribution in [3.8, 4) is 0 Å². The lowest BCUT2D eigenvalue weighted by molar-refractivity contribution is 0.0988. The highest BCUT2D eigenvalue weighted by atomic mass is 19.1. The molecule has 3 rings (SSSR count). The average molecular weight is 288 g/mol. The van der Waals surface area contributed by atoms with Crippen molar-refractivity contribution in [1.29, 1.82) is 0 Å². The summed E-state index contributed by atoms with van der Waals surface area (Å²) < 4.78 is 27.6. The second-order valence-corrected chi connectivity index (χ2v) is 4.90. The van der Waals surface area contributed by atoms with Crippen LogP contribution in [0.1, 0.15) is 15.9 Å². The summed E-state index contributed by atoms with van der Waals surface area (Å²) in [5, 5.41) is 2.44. The highest BCUT2D eigenvalue weighted by Gasteiger charge is 2.26. The zero-order valence-electron chi connectivity index (χ0n) is 11.5. The Labute approximate surface area is 121 Å². The van der Waals surface area contributed by atoms with Crippen molar-refractivity contribution in [1.82, 2.24) is 0 Å². The first-order valence-corrected chi connectivity index (χ1v) is 6.68. The Morgan fingerprint density at radius 2 is 1.86 bits per heavy atom. The first kappa shape index (κ1) is 13.5. The van der Waals surface area contributed by atoms with Gasteiger partial charge < -0.3 is 10.2 Å². The third-order valence-corrected chi connectivity index (χ3v) is 3.67. The molecule has 1 aliphatic heterocycles. The molecule has 1 aliphatic rings. The summed E-state index contributed by atoms with van der Waals surface area (Å²) in [5.41, 5.74) is 1.66. The molecule has 0 aliphatic carbocycles. The summed E-state index contributed by atoms with van der Waals surface area (Å²) in [7, 11) is 1.43. The highest BCUT2D eigenvalue weighted by Crippen LogP contribution is 2.30. The molecule has 1 heterocycles. The number of fused-ring (bicyclic) bond motifs is 1. The fourth-order valence-electron chi connectivity index (χ4n) is 2.64. The smallest absolute Gasteiger partial charge is 0.258 e. The molecule has 0 fully saturated rings. The van der Waals surface area contributed by atoms with Gasteiger partial charge in [0.15, 0.2) is 0 Å². The van der Waals surface area contributed by atoms with Crippen LogP contribution in [0.2, 0.25) is 0 Å². The molecule has 2 aromatic carbocycles. The maximum Gasteiger partial charge on any atom is 0.258 e. The Morgan fingerprint density at radius 1 is 1.19 bits per heavy atom. The molecule has 0 bridgehead atoms. The van der Waals surface area contributed by atoms with E-state index in [2.05, 4.69) is 5.32 Å². The second kappa shape index (κ2) is 5.16. The van der Waals surface area contributed by atoms with Crippen LogP contribution >= 0.6 is 0 Å². The van der Waals surface area contributed by atoms with Crippen molar-refractivity contribution >= 4 is 17.3 Å². The number of amides is 1. The van der Waals surface area contributed by atoms with Crippen molar-refractivity contribution in [3.05, 3.63) is 59.2 Å². The minimum atomic E-state index is -0.770. The lowest BCUT2D eigenvalue weighted by atomic mass is 10.1. The van der Waals surface area contributed by atoms with Crippen molar-refractivity contribution in [2.24, 2.45) is 0 Å². The second-order valence-electron chi connectivity index (χ2n) is 4.90. The third kappa shape index (κ3) is 2.24. The number of anilines is 2. The molecule has 2 aromatic rings. The third-order valence-electron chi connectivity index (χ3n) is 3.67. The predicted molar refractivity (Wildman–Crippen MR) is 77.7 cm³/mol. The fraction of sp³-hybridized carbons (Fsp3) is 0.188. The van der Waals surface area contributed by atoms with Crippen molar-refractivity contribution < 1.29 is 13.6 Å². The van der Waals surface area contributed by atoms with Gasteiger partial charge in [-0.3, -0.25) is 4.79 Å². The van der Waals surface area contributed by atoms with E-state index in [0.717, 1.165) is 29.8 Å². The summed E-state index contributed by atoms with van der Waals surface area (Å²) in [6.07, 6.45) is 0.751. The topological polar surface area (TPSA) is 32.3 Å². The van der Waals surface area contributed by atoms with Crippen molar-refractivity contribution in [3.63, 3.8) is 0 Å². The van der Waals surface area contributed by atoms with Crippen LogP contribution in [0, 0.1) is 11.6 Å². The Morgan fingerprint density at radius 3 is 2.52 bits per heavy atom. The van der Waals surface area contributed by atoms with E-state index >= 15 is 0 Å². The van der Waals surface area contributed by atoms with Gasteiger partial charge in [0, 0.05) is 24.8 Å². The van der Waals surface area contributed by atoms with E-state index in [1.807, 2.05) is 24.3 Å². The number of nitrogens with one attached hydrogen (secondary N) is 1. The first-order chi connectivity index (χ1) is 10.1. The number of carbonyl (C=O) groups excluding carboxylic acids is 1. The van der Waals surface area contributed by atoms with Gasteiger partial charge in [0.2, 0.25) is 0 Å². The van der Waals surface area contributed by atoms with Crippen LogP contribution in [-0.2, 0) is 6.42 Å². The SMILES string of the molecule is CNc1c(F)cc(C(=O)N2CCc3ccccc32)cc1F. The van der Waals surface area contributed by atoms with Gasteiger partial charge >= 0.3 is 0 Å². The predicted octanol–water partition coefficient (Wildman–Crippen LogP) is 3.21. The van der Waals surface area contributed by atoms with Crippen LogP contribution in [0.15, 0.2) is 36.4 Å². The molecule has 0 aromatic heterocycles. The normalized spacial score (nSPS) is 13.2. The summed E-state index contributed by atoms with van der Waals surface area (Å²) in [5.74, 6) is -1.93. The lowest BCUT2D eigenvalue weighted by Crippen LogP contribution is -2.29. The van der Waals surface area contributed by atoms with Crippen LogP contribution in [0.3, 0.4) is 0 Å². The van der Waals surface area contributed by atoms with Crippen LogP contribution in [0.4, 0.5) is 20.2 Å². The molecule has 0 atom stereocenters. The summed E-state index contributed by atoms with van der Waals surface area (Å²) in [6.45, 7) is 0.523. The van der Waals surface area contributed by atoms with E-state index in [0.29, 0.717) is 6.54 Å². The van der Waals surface area contributed by atoms with Crippen LogP contribution < -0.4 is 10.2 Å². The van der Waals surface area contributed by atoms with Gasteiger partial charge in [0.05, 0.1) is 0 Å². The molecule has 5 heteroatoms. The van der Waals surface area contributed by atoms with Gasteiger partial charge in [-0.05, 0) is 30.2 Å². The molecular formula is C16H14F2N2O. The van der Waals surface area contributed by atoms with E-state index in [1.165, 1.54) is 7.05 Å². The number of halogens is 2. The largest absolute Gasteiger partial charge is 0.383 e. The number of hydrogen-bond donors (Lipinski definition) is 1. The summed E-state index contributed by atoms with van der Waals surface area (Å²) in [4.78, 5) is 14.0. The minimum absolute atomic E-state index is 0.0145. The van der Waals surface area contributed by atoms with Gasteiger partial charge in [-0.15, -0.1) is 0 Å². The van der Waals surface area contributed by atoms with E-state index in [1.54, 1.807) is 4.90 Å². The molecule has 0 saturated heterocycles. The number of nitrogens with zero attached hydrogens (tertiary/aromatic N) is 1. The number of para-hydroxylation sites is 1. The molecule has 0 unspecified atom stereocenters. The molecule has 21 heavy (non-hydrogen) atoms. The zero-order chi connectivity index (χ0) is 15.0. The average Bonchev–Trinajstić information content (AvgIpc) is 2.90. The van der Waals surface area contributed by atoms with Crippen LogP contribution in [0.5, 0.6) is 0 Å². The zero-order valence-corrected chi connectivity index (χ0v) is 11.5. The molecule has 108 valence electrons. The monoisotopic (exact) mass is 288 g/mol. The van der Waals surface area contributed by atoms with Crippen molar-refractivity contribution in [2.75, 3.05) is 23.8 Å². The molecule has 0 spiro atoms. The Hall–Kier alpha value is -2.43. The van der Waals surface area contributed by atoms with E-state index in [-0.39, 0.29) is 17.2 Å². The molecule has 1 N–H and O–H groups in total. The highest BCUT2D eigenvalue weighted by molar-refractivity contribution is 6.07. The summed E-state index contributed by atoms with van der Waals surface area (Å²) in [6, 6.07) is 9.68. The van der Waals surface area contributed by atoms with Crippen molar-refractivity contribution in [2.45, 2.75) is 6.42 Å². The Bertz CT molecular complexity index is 692. The number of rotatable bonds is 2. The van der Waals surface area contributed by atoms with E-state index in [9.17, 15) is 13.6 Å². The van der Waals surface area contributed by atoms with Crippen LogP contribution in [0.25, 0.3) is 0 Å². The van der Waals surface area contributed by atoms with Gasteiger partial charge in [0.25, 0.3) is 5.91 Å². The minimum Gasteiger partial charge on any atom is -0.383 e. The van der Waals surface area contributed by atoms with Gasteiger partial charge in [-0.2, -0.15) is 0 Å². The number of hydrogen-bond acceptors (Lipinski definition) is 2. The maximum atomic E-state index is 13.8. The first-order valence-electron chi connectivity index (χ1n) is 6.68. The molecule has 1 amide bonds. The van der Waals surface area contributed by atoms with Gasteiger partial charge in [-0.1, -0.05) is 18.2 Å². The molecule has 0 saturated carbocycles. The molecule has 3 nitrogen and oxygen atoms in total. The quantitative estimate of drug-likeness (QED) is 0.920. The molecular weight excluding hydrogens is 274 g/mol. The lowest BCUT2D eigenvalue weighted by Gasteiger charge is -2.18. The van der Waals surface area contributed by atoms with Gasteiger partial charge in [-0.25, -0.2) is 8.78 Å². The maximum absolute atomic E-state index is 13.8.